The third-order valence-electron chi connectivity index (χ3n) is 3.32. The molecule has 0 radical (unpaired) electrons. The molecule has 0 aliphatic carbocycles. The normalized spacial score (nSPS) is 14.8. The summed E-state index contributed by atoms with van der Waals surface area (Å²) in [6.07, 6.45) is 6.69. The average molecular weight is 383 g/mol. The molecule has 0 aliphatic rings. The van der Waals surface area contributed by atoms with E-state index >= 15 is 0 Å². The van der Waals surface area contributed by atoms with Crippen molar-refractivity contribution in [3.8, 4) is 0 Å². The van der Waals surface area contributed by atoms with Crippen LogP contribution in [0.1, 0.15) is 20.3 Å². The van der Waals surface area contributed by atoms with Gasteiger partial charge in [-0.2, -0.15) is 13.2 Å². The van der Waals surface area contributed by atoms with E-state index in [1.807, 2.05) is 19.1 Å². The Morgan fingerprint density at radius 2 is 2.00 bits per heavy atom. The molecule has 0 saturated heterocycles. The molecule has 0 bridgehead atoms. The highest BCUT2D eigenvalue weighted by Gasteiger charge is 2.28. The van der Waals surface area contributed by atoms with Gasteiger partial charge in [0, 0.05) is 12.7 Å². The molecule has 0 fully saturated rings. The lowest BCUT2D eigenvalue weighted by Crippen LogP contribution is -2.24. The molecule has 3 N–H and O–H groups in total. The van der Waals surface area contributed by atoms with Crippen LogP contribution in [0, 0.1) is 0 Å². The maximum atomic E-state index is 12.1. The maximum Gasteiger partial charge on any atom is 0.425 e. The standard InChI is InChI=1S/C20H28F3N3O/c1-6-9-11-19(24)18(15(4)8-3)13-25-12-17(10-7-2)16(5)26-27-14-20(21,22)23/h7-11,13,19,25H,2-4,6,12,14,24H2,1,5H3/b11-9-,17-10-,18-13-,26-16-. The fourth-order valence-electron chi connectivity index (χ4n) is 1.89. The summed E-state index contributed by atoms with van der Waals surface area (Å²) in [6, 6.07) is -0.361. The first-order valence-electron chi connectivity index (χ1n) is 8.38. The molecule has 4 nitrogen and oxygen atoms in total. The first kappa shape index (κ1) is 24.5. The Kier molecular flexibility index (Phi) is 11.6. The number of oxime groups is 1. The third-order valence-corrected chi connectivity index (χ3v) is 3.32. The Morgan fingerprint density at radius 3 is 2.52 bits per heavy atom. The van der Waals surface area contributed by atoms with Gasteiger partial charge in [0.1, 0.15) is 0 Å². The van der Waals surface area contributed by atoms with Crippen LogP contribution in [-0.4, -0.2) is 31.1 Å². The number of rotatable bonds is 12. The maximum absolute atomic E-state index is 12.1. The van der Waals surface area contributed by atoms with Gasteiger partial charge in [-0.3, -0.25) is 0 Å². The summed E-state index contributed by atoms with van der Waals surface area (Å²) in [5.74, 6) is 0. The minimum Gasteiger partial charge on any atom is -0.386 e. The Bertz CT molecular complexity index is 629. The van der Waals surface area contributed by atoms with Gasteiger partial charge in [0.15, 0.2) is 0 Å². The highest BCUT2D eigenvalue weighted by atomic mass is 19.4. The van der Waals surface area contributed by atoms with Crippen LogP contribution in [0.15, 0.2) is 78.2 Å². The number of alkyl halides is 3. The van der Waals surface area contributed by atoms with E-state index in [0.29, 0.717) is 16.9 Å². The predicted octanol–water partition coefficient (Wildman–Crippen LogP) is 4.56. The number of hydrogen-bond acceptors (Lipinski definition) is 4. The van der Waals surface area contributed by atoms with Crippen molar-refractivity contribution in [2.24, 2.45) is 10.9 Å². The van der Waals surface area contributed by atoms with E-state index < -0.39 is 12.8 Å². The lowest BCUT2D eigenvalue weighted by molar-refractivity contribution is -0.173. The van der Waals surface area contributed by atoms with Gasteiger partial charge >= 0.3 is 6.18 Å². The summed E-state index contributed by atoms with van der Waals surface area (Å²) in [5.41, 5.74) is 8.47. The van der Waals surface area contributed by atoms with E-state index in [4.69, 9.17) is 5.73 Å². The molecule has 0 spiro atoms. The minimum atomic E-state index is -4.44. The van der Waals surface area contributed by atoms with Crippen LogP contribution < -0.4 is 11.1 Å². The van der Waals surface area contributed by atoms with E-state index in [1.165, 1.54) is 6.08 Å². The minimum absolute atomic E-state index is 0.287. The zero-order valence-electron chi connectivity index (χ0n) is 15.9. The number of nitrogens with zero attached hydrogens (tertiary/aromatic N) is 1. The topological polar surface area (TPSA) is 59.6 Å². The first-order valence-corrected chi connectivity index (χ1v) is 8.38. The zero-order valence-corrected chi connectivity index (χ0v) is 15.9. The van der Waals surface area contributed by atoms with Gasteiger partial charge in [0.05, 0.1) is 11.8 Å². The van der Waals surface area contributed by atoms with Crippen molar-refractivity contribution in [3.05, 3.63) is 73.0 Å². The van der Waals surface area contributed by atoms with Gasteiger partial charge in [-0.05, 0) is 30.1 Å². The van der Waals surface area contributed by atoms with Crippen molar-refractivity contribution in [1.29, 1.82) is 0 Å². The number of nitrogens with one attached hydrogen (secondary N) is 1. The molecule has 27 heavy (non-hydrogen) atoms. The molecular weight excluding hydrogens is 355 g/mol. The van der Waals surface area contributed by atoms with Gasteiger partial charge in [0.25, 0.3) is 0 Å². The fourth-order valence-corrected chi connectivity index (χ4v) is 1.89. The van der Waals surface area contributed by atoms with Crippen molar-refractivity contribution in [2.75, 3.05) is 13.2 Å². The molecule has 0 aromatic heterocycles. The van der Waals surface area contributed by atoms with Crippen molar-refractivity contribution < 1.29 is 18.0 Å². The van der Waals surface area contributed by atoms with Gasteiger partial charge in [-0.15, -0.1) is 0 Å². The molecule has 150 valence electrons. The van der Waals surface area contributed by atoms with E-state index in [2.05, 4.69) is 35.0 Å². The van der Waals surface area contributed by atoms with Crippen molar-refractivity contribution in [3.63, 3.8) is 0 Å². The molecule has 7 heteroatoms. The summed E-state index contributed by atoms with van der Waals surface area (Å²) in [6.45, 7) is 13.6. The summed E-state index contributed by atoms with van der Waals surface area (Å²) in [5, 5.41) is 6.57. The molecule has 1 unspecified atom stereocenters. The fraction of sp³-hybridized carbons (Fsp3) is 0.350. The highest BCUT2D eigenvalue weighted by Crippen LogP contribution is 2.15. The second kappa shape index (κ2) is 12.8. The van der Waals surface area contributed by atoms with E-state index in [-0.39, 0.29) is 12.6 Å². The number of hydrogen-bond donors (Lipinski definition) is 2. The van der Waals surface area contributed by atoms with Crippen molar-refractivity contribution in [2.45, 2.75) is 32.5 Å². The molecule has 0 heterocycles. The lowest BCUT2D eigenvalue weighted by Gasteiger charge is -2.14. The monoisotopic (exact) mass is 383 g/mol. The Morgan fingerprint density at radius 1 is 1.33 bits per heavy atom. The summed E-state index contributed by atoms with van der Waals surface area (Å²) < 4.78 is 36.4. The SMILES string of the molecule is C=C/C=C(CN/C=C(/C(=C)C=C)C(N)/C=C\CC)\C(C)=N/OCC(F)(F)F. The molecule has 0 aromatic carbocycles. The third kappa shape index (κ3) is 10.9. The van der Waals surface area contributed by atoms with Crippen molar-refractivity contribution >= 4 is 5.71 Å². The predicted molar refractivity (Wildman–Crippen MR) is 106 cm³/mol. The van der Waals surface area contributed by atoms with E-state index in [1.54, 1.807) is 25.3 Å². The van der Waals surface area contributed by atoms with E-state index in [9.17, 15) is 13.2 Å². The zero-order chi connectivity index (χ0) is 20.9. The van der Waals surface area contributed by atoms with Crippen molar-refractivity contribution in [1.82, 2.24) is 5.32 Å². The quantitative estimate of drug-likeness (QED) is 0.225. The summed E-state index contributed by atoms with van der Waals surface area (Å²) in [7, 11) is 0. The number of nitrogens with two attached hydrogens (primary N) is 1. The number of allylic oxidation sites excluding steroid dienone is 4. The Hall–Kier alpha value is -2.54. The van der Waals surface area contributed by atoms with Crippen LogP contribution in [0.5, 0.6) is 0 Å². The van der Waals surface area contributed by atoms with Gasteiger partial charge < -0.3 is 15.9 Å². The molecular formula is C20H28F3N3O. The highest BCUT2D eigenvalue weighted by molar-refractivity contribution is 5.98. The van der Waals surface area contributed by atoms with Crippen LogP contribution in [0.4, 0.5) is 13.2 Å². The summed E-state index contributed by atoms with van der Waals surface area (Å²) >= 11 is 0. The molecule has 0 aromatic rings. The van der Waals surface area contributed by atoms with Crippen LogP contribution in [0.25, 0.3) is 0 Å². The molecule has 0 amide bonds. The van der Waals surface area contributed by atoms with E-state index in [0.717, 1.165) is 12.0 Å². The number of halogens is 3. The van der Waals surface area contributed by atoms with Crippen LogP contribution in [0.3, 0.4) is 0 Å². The Balaban J connectivity index is 5.17. The van der Waals surface area contributed by atoms with Crippen LogP contribution in [0.2, 0.25) is 0 Å². The summed E-state index contributed by atoms with van der Waals surface area (Å²) in [4.78, 5) is 4.34. The van der Waals surface area contributed by atoms with Gasteiger partial charge in [0.2, 0.25) is 6.61 Å². The van der Waals surface area contributed by atoms with Crippen LogP contribution in [-0.2, 0) is 4.84 Å². The average Bonchev–Trinajstić information content (AvgIpc) is 2.60. The van der Waals surface area contributed by atoms with Gasteiger partial charge in [-0.1, -0.05) is 62.2 Å². The first-order chi connectivity index (χ1) is 12.7. The molecule has 0 rings (SSSR count). The Labute approximate surface area is 159 Å². The smallest absolute Gasteiger partial charge is 0.386 e. The molecule has 1 atom stereocenters. The second-order valence-corrected chi connectivity index (χ2v) is 5.57. The molecule has 0 aliphatic heterocycles. The largest absolute Gasteiger partial charge is 0.425 e. The molecule has 0 saturated carbocycles. The lowest BCUT2D eigenvalue weighted by atomic mass is 10.0. The second-order valence-electron chi connectivity index (χ2n) is 5.57. The van der Waals surface area contributed by atoms with Crippen LogP contribution >= 0.6 is 0 Å². The van der Waals surface area contributed by atoms with Gasteiger partial charge in [-0.25, -0.2) is 0 Å².